The summed E-state index contributed by atoms with van der Waals surface area (Å²) in [6.45, 7) is 16.1. The van der Waals surface area contributed by atoms with Crippen LogP contribution in [0.4, 0.5) is 22.7 Å². The highest BCUT2D eigenvalue weighted by atomic mass is 33.1. The Hall–Kier alpha value is -5.06. The third-order valence-corrected chi connectivity index (χ3v) is 10.9. The molecule has 59 heavy (non-hydrogen) atoms. The highest BCUT2D eigenvalue weighted by Gasteiger charge is 2.26. The van der Waals surface area contributed by atoms with Crippen LogP contribution in [0.25, 0.3) is 0 Å². The maximum atomic E-state index is 13.0. The third-order valence-electron chi connectivity index (χ3n) is 10.9. The molecule has 2 atom stereocenters. The normalized spacial score (nSPS) is 16.3. The van der Waals surface area contributed by atoms with Crippen LogP contribution in [0.1, 0.15) is 68.4 Å². The second-order valence-electron chi connectivity index (χ2n) is 16.6. The van der Waals surface area contributed by atoms with Gasteiger partial charge in [0.15, 0.2) is 0 Å². The molecule has 0 saturated heterocycles. The molecule has 4 aromatic rings. The summed E-state index contributed by atoms with van der Waals surface area (Å²) in [7, 11) is 4.28. The van der Waals surface area contributed by atoms with E-state index in [1.807, 2.05) is 55.6 Å². The molecule has 0 spiro atoms. The summed E-state index contributed by atoms with van der Waals surface area (Å²) in [5, 5.41) is 6.72. The summed E-state index contributed by atoms with van der Waals surface area (Å²) in [6, 6.07) is 29.7. The monoisotopic (exact) mass is 831 g/mol. The number of para-hydroxylation sites is 2. The molecule has 1 amide bonds. The molecule has 2 N–H and O–H groups in total. The van der Waals surface area contributed by atoms with E-state index in [9.17, 15) is 4.79 Å². The van der Waals surface area contributed by atoms with Crippen molar-refractivity contribution in [3.8, 4) is 5.75 Å². The van der Waals surface area contributed by atoms with Gasteiger partial charge >= 0.3 is 0 Å². The van der Waals surface area contributed by atoms with Gasteiger partial charge in [-0.1, -0.05) is 69.8 Å². The quantitative estimate of drug-likeness (QED) is 0.0296. The molecule has 10 heteroatoms. The molecule has 312 valence electrons. The number of aryl methyl sites for hydroxylation is 1. The number of amides is 1. The van der Waals surface area contributed by atoms with Gasteiger partial charge in [0, 0.05) is 62.1 Å². The largest absolute Gasteiger partial charge is 0.497 e. The SMILES string of the molecule is C=C/C(NCC1Cc2ccccc2N1C)=C(C)\C=C/OCc1cc(COc2ccc(C)c(N=C[C@@H]3Cc4ccccc4N3C)c2)cc(NC(=O)CCC(C)(C)C)c1.SS. The number of nitrogens with one attached hydrogen (secondary N) is 2. The predicted octanol–water partition coefficient (Wildman–Crippen LogP) is 11.0. The van der Waals surface area contributed by atoms with Crippen molar-refractivity contribution in [2.24, 2.45) is 10.4 Å². The Labute approximate surface area is 362 Å². The maximum Gasteiger partial charge on any atom is 0.224 e. The van der Waals surface area contributed by atoms with Crippen molar-refractivity contribution < 1.29 is 14.3 Å². The van der Waals surface area contributed by atoms with E-state index in [-0.39, 0.29) is 17.4 Å². The highest BCUT2D eigenvalue weighted by molar-refractivity contribution is 8.59. The van der Waals surface area contributed by atoms with Crippen LogP contribution in [-0.2, 0) is 35.6 Å². The molecule has 0 saturated carbocycles. The molecule has 0 aromatic heterocycles. The summed E-state index contributed by atoms with van der Waals surface area (Å²) < 4.78 is 12.4. The van der Waals surface area contributed by atoms with E-state index in [1.54, 1.807) is 6.26 Å². The molecule has 0 fully saturated rings. The molecule has 2 heterocycles. The molecule has 2 aliphatic rings. The van der Waals surface area contributed by atoms with Crippen LogP contribution in [0.3, 0.4) is 0 Å². The van der Waals surface area contributed by atoms with E-state index in [0.29, 0.717) is 25.7 Å². The molecular formula is C49H61N5O3S2. The van der Waals surface area contributed by atoms with E-state index < -0.39 is 0 Å². The number of rotatable bonds is 16. The minimum absolute atomic E-state index is 0.00954. The number of carbonyl (C=O) groups excluding carboxylic acids is 1. The fourth-order valence-electron chi connectivity index (χ4n) is 7.39. The van der Waals surface area contributed by atoms with Gasteiger partial charge in [-0.05, 0) is 120 Å². The number of aliphatic imine (C=N–C) groups is 1. The summed E-state index contributed by atoms with van der Waals surface area (Å²) in [5.74, 6) is 0.721. The number of hydrogen-bond donors (Lipinski definition) is 4. The van der Waals surface area contributed by atoms with E-state index in [1.165, 1.54) is 22.5 Å². The van der Waals surface area contributed by atoms with Gasteiger partial charge in [-0.25, -0.2) is 0 Å². The first-order valence-electron chi connectivity index (χ1n) is 20.2. The van der Waals surface area contributed by atoms with Crippen LogP contribution < -0.4 is 25.2 Å². The number of fused-ring (bicyclic) bond motifs is 2. The lowest BCUT2D eigenvalue weighted by atomic mass is 9.90. The smallest absolute Gasteiger partial charge is 0.224 e. The number of anilines is 3. The van der Waals surface area contributed by atoms with E-state index >= 15 is 0 Å². The van der Waals surface area contributed by atoms with Crippen LogP contribution in [0.2, 0.25) is 0 Å². The minimum Gasteiger partial charge on any atom is -0.497 e. The van der Waals surface area contributed by atoms with Crippen molar-refractivity contribution in [1.29, 1.82) is 0 Å². The number of hydrogen-bond acceptors (Lipinski definition) is 9. The van der Waals surface area contributed by atoms with E-state index in [0.717, 1.165) is 70.9 Å². The predicted molar refractivity (Wildman–Crippen MR) is 255 cm³/mol. The average molecular weight is 832 g/mol. The Balaban J connectivity index is 0.00000326. The Morgan fingerprint density at radius 2 is 1.58 bits per heavy atom. The third kappa shape index (κ3) is 12.7. The molecule has 8 nitrogen and oxygen atoms in total. The zero-order valence-electron chi connectivity index (χ0n) is 35.7. The number of likely N-dealkylation sites (N-methyl/N-ethyl adjacent to an activating group) is 2. The van der Waals surface area contributed by atoms with Crippen LogP contribution in [0, 0.1) is 12.3 Å². The zero-order valence-corrected chi connectivity index (χ0v) is 37.5. The molecule has 4 aromatic carbocycles. The van der Waals surface area contributed by atoms with Gasteiger partial charge in [-0.2, -0.15) is 0 Å². The van der Waals surface area contributed by atoms with Crippen LogP contribution in [0.15, 0.2) is 126 Å². The topological polar surface area (TPSA) is 78.4 Å². The van der Waals surface area contributed by atoms with Gasteiger partial charge in [-0.3, -0.25) is 9.79 Å². The number of nitrogens with zero attached hydrogens (tertiary/aromatic N) is 3. The van der Waals surface area contributed by atoms with Crippen LogP contribution >= 0.6 is 23.3 Å². The van der Waals surface area contributed by atoms with Crippen LogP contribution in [-0.4, -0.2) is 44.8 Å². The summed E-state index contributed by atoms with van der Waals surface area (Å²) in [6.07, 6.45) is 10.8. The standard InChI is InChI=1S/C49H59N5O3.H2S2/c1-9-44(50-30-41-27-38-14-10-12-16-46(38)53(41)7)35(3)21-23-56-32-36-24-37(26-40(25-36)52-48(55)20-22-49(4,5)6)33-57-43-19-18-34(2)45(29-43)51-31-42-28-39-15-11-13-17-47(39)54(42)8;1-2/h9-19,21,23-26,29,31,41-42,50H,1,20,22,27-28,30,32-33H2,2-8H3,(H,52,55);1-2H/b23-21-,44-35+,51-31?;/t41?,42-;/m0./s1. The van der Waals surface area contributed by atoms with Gasteiger partial charge in [0.2, 0.25) is 5.91 Å². The van der Waals surface area contributed by atoms with Crippen LogP contribution in [0.5, 0.6) is 5.75 Å². The van der Waals surface area contributed by atoms with Gasteiger partial charge in [0.25, 0.3) is 0 Å². The Bertz CT molecular complexity index is 2160. The minimum atomic E-state index is -0.00954. The number of ether oxygens (including phenoxy) is 2. The van der Waals surface area contributed by atoms with Crippen molar-refractivity contribution in [2.45, 2.75) is 85.6 Å². The van der Waals surface area contributed by atoms with E-state index in [4.69, 9.17) is 14.5 Å². The van der Waals surface area contributed by atoms with Crippen molar-refractivity contribution in [2.75, 3.05) is 35.8 Å². The fraction of sp³-hybridized carbons (Fsp3) is 0.347. The Morgan fingerprint density at radius 3 is 2.24 bits per heavy atom. The molecule has 0 radical (unpaired) electrons. The summed E-state index contributed by atoms with van der Waals surface area (Å²) in [5.41, 5.74) is 11.9. The molecule has 0 aliphatic carbocycles. The zero-order chi connectivity index (χ0) is 42.5. The second kappa shape index (κ2) is 21.3. The Kier molecular flexibility index (Phi) is 16.2. The number of benzene rings is 4. The summed E-state index contributed by atoms with van der Waals surface area (Å²) >= 11 is 6.44. The van der Waals surface area contributed by atoms with Gasteiger partial charge in [-0.15, -0.1) is 23.3 Å². The lowest BCUT2D eigenvalue weighted by molar-refractivity contribution is -0.116. The fourth-order valence-corrected chi connectivity index (χ4v) is 7.39. The first kappa shape index (κ1) is 45.0. The van der Waals surface area contributed by atoms with Crippen molar-refractivity contribution in [3.63, 3.8) is 0 Å². The molecule has 2 aliphatic heterocycles. The molecule has 6 rings (SSSR count). The van der Waals surface area contributed by atoms with Gasteiger partial charge in [0.05, 0.1) is 24.0 Å². The molecule has 0 bridgehead atoms. The average Bonchev–Trinajstić information content (AvgIpc) is 3.73. The van der Waals surface area contributed by atoms with Crippen molar-refractivity contribution in [3.05, 3.63) is 149 Å². The van der Waals surface area contributed by atoms with Crippen molar-refractivity contribution in [1.82, 2.24) is 5.32 Å². The van der Waals surface area contributed by atoms with Gasteiger partial charge < -0.3 is 29.9 Å². The lowest BCUT2D eigenvalue weighted by Gasteiger charge is -2.24. The van der Waals surface area contributed by atoms with E-state index in [2.05, 4.69) is 147 Å². The highest BCUT2D eigenvalue weighted by Crippen LogP contribution is 2.32. The lowest BCUT2D eigenvalue weighted by Crippen LogP contribution is -2.37. The first-order valence-corrected chi connectivity index (χ1v) is 21.8. The summed E-state index contributed by atoms with van der Waals surface area (Å²) in [4.78, 5) is 22.5. The Morgan fingerprint density at radius 1 is 0.915 bits per heavy atom. The number of allylic oxidation sites excluding steroid dienone is 3. The molecule has 1 unspecified atom stereocenters. The number of thiol groups is 2. The maximum absolute atomic E-state index is 13.0. The number of carbonyl (C=O) groups is 1. The van der Waals surface area contributed by atoms with Crippen molar-refractivity contribution >= 4 is 58.2 Å². The van der Waals surface area contributed by atoms with Gasteiger partial charge in [0.1, 0.15) is 19.0 Å². The first-order chi connectivity index (χ1) is 28.4. The second-order valence-corrected chi connectivity index (χ2v) is 16.6. The molecular weight excluding hydrogens is 771 g/mol.